The fraction of sp³-hybridized carbons (Fsp3) is 1.00. The molecule has 0 spiro atoms. The number of hydrogen-bond acceptors (Lipinski definition) is 5. The Morgan fingerprint density at radius 3 is 1.83 bits per heavy atom. The molecule has 7 nitrogen and oxygen atoms in total. The molecular formula is C5H9N3O4. The van der Waals surface area contributed by atoms with E-state index in [1.807, 2.05) is 0 Å². The van der Waals surface area contributed by atoms with Gasteiger partial charge in [-0.05, 0) is 13.8 Å². The molecule has 0 aromatic rings. The summed E-state index contributed by atoms with van der Waals surface area (Å²) >= 11 is 0. The van der Waals surface area contributed by atoms with Gasteiger partial charge in [-0.1, -0.05) is 0 Å². The fourth-order valence-corrected chi connectivity index (χ4v) is 1.18. The zero-order valence-corrected chi connectivity index (χ0v) is 6.76. The van der Waals surface area contributed by atoms with Crippen LogP contribution in [0, 0.1) is 20.2 Å². The van der Waals surface area contributed by atoms with Gasteiger partial charge in [-0.25, -0.2) is 0 Å². The Kier molecular flexibility index (Phi) is 1.75. The first-order chi connectivity index (χ1) is 5.43. The Morgan fingerprint density at radius 2 is 1.75 bits per heavy atom. The third-order valence-electron chi connectivity index (χ3n) is 1.95. The van der Waals surface area contributed by atoms with Crippen molar-refractivity contribution >= 4 is 0 Å². The summed E-state index contributed by atoms with van der Waals surface area (Å²) in [5.41, 5.74) is 0. The van der Waals surface area contributed by atoms with Gasteiger partial charge in [0.2, 0.25) is 0 Å². The van der Waals surface area contributed by atoms with Crippen LogP contribution in [0.3, 0.4) is 0 Å². The lowest BCUT2D eigenvalue weighted by Gasteiger charge is -2.04. The summed E-state index contributed by atoms with van der Waals surface area (Å²) in [7, 11) is 0. The summed E-state index contributed by atoms with van der Waals surface area (Å²) < 4.78 is 0. The third kappa shape index (κ3) is 0.934. The highest BCUT2D eigenvalue weighted by atomic mass is 16.7. The largest absolute Gasteiger partial charge is 0.537 e. The van der Waals surface area contributed by atoms with E-state index in [1.165, 1.54) is 4.90 Å². The van der Waals surface area contributed by atoms with Crippen LogP contribution in [0.15, 0.2) is 0 Å². The molecule has 1 heterocycles. The van der Waals surface area contributed by atoms with Crippen molar-refractivity contribution in [2.45, 2.75) is 25.7 Å². The van der Waals surface area contributed by atoms with Gasteiger partial charge < -0.3 is 0 Å². The second-order valence-corrected chi connectivity index (χ2v) is 3.01. The molecule has 1 aliphatic rings. The van der Waals surface area contributed by atoms with Gasteiger partial charge in [-0.15, -0.1) is 0 Å². The molecular weight excluding hydrogens is 166 g/mol. The van der Waals surface area contributed by atoms with Gasteiger partial charge in [-0.2, -0.15) is 4.90 Å². The van der Waals surface area contributed by atoms with Crippen LogP contribution < -0.4 is 0 Å². The van der Waals surface area contributed by atoms with E-state index < -0.39 is 15.6 Å². The standard InChI is InChI=1S/C5H9N3O4/c1-4(2)6-3-5(6,7(9)10)8(11)12/h4H,3H2,1-2H3. The van der Waals surface area contributed by atoms with Gasteiger partial charge in [0.1, 0.15) is 9.85 Å². The van der Waals surface area contributed by atoms with Crippen LogP contribution in [0.4, 0.5) is 0 Å². The van der Waals surface area contributed by atoms with Crippen molar-refractivity contribution in [1.29, 1.82) is 0 Å². The molecule has 0 saturated carbocycles. The topological polar surface area (TPSA) is 89.3 Å². The molecule has 1 atom stereocenters. The number of nitrogens with zero attached hydrogens (tertiary/aromatic N) is 3. The minimum Gasteiger partial charge on any atom is -0.257 e. The maximum atomic E-state index is 10.4. The van der Waals surface area contributed by atoms with Crippen LogP contribution in [0.2, 0.25) is 0 Å². The molecule has 7 heteroatoms. The summed E-state index contributed by atoms with van der Waals surface area (Å²) in [6.07, 6.45) is 0. The summed E-state index contributed by atoms with van der Waals surface area (Å²) in [5, 5.41) is 20.7. The van der Waals surface area contributed by atoms with E-state index in [4.69, 9.17) is 0 Å². The van der Waals surface area contributed by atoms with Crippen LogP contribution in [-0.4, -0.2) is 33.1 Å². The van der Waals surface area contributed by atoms with Crippen molar-refractivity contribution in [3.05, 3.63) is 20.2 Å². The fourth-order valence-electron chi connectivity index (χ4n) is 1.18. The predicted molar refractivity (Wildman–Crippen MR) is 38.6 cm³/mol. The molecule has 68 valence electrons. The van der Waals surface area contributed by atoms with E-state index >= 15 is 0 Å². The molecule has 0 aliphatic carbocycles. The van der Waals surface area contributed by atoms with Gasteiger partial charge in [0.15, 0.2) is 6.54 Å². The lowest BCUT2D eigenvalue weighted by molar-refractivity contribution is -0.775. The van der Waals surface area contributed by atoms with E-state index in [-0.39, 0.29) is 12.6 Å². The van der Waals surface area contributed by atoms with Crippen LogP contribution in [-0.2, 0) is 0 Å². The van der Waals surface area contributed by atoms with Crippen LogP contribution in [0.1, 0.15) is 13.8 Å². The number of hydrogen-bond donors (Lipinski definition) is 0. The van der Waals surface area contributed by atoms with E-state index in [9.17, 15) is 20.2 Å². The van der Waals surface area contributed by atoms with Crippen LogP contribution >= 0.6 is 0 Å². The Balaban J connectivity index is 2.83. The highest BCUT2D eigenvalue weighted by Gasteiger charge is 2.78. The van der Waals surface area contributed by atoms with Crippen LogP contribution in [0.25, 0.3) is 0 Å². The number of rotatable bonds is 3. The first kappa shape index (κ1) is 8.85. The van der Waals surface area contributed by atoms with E-state index in [2.05, 4.69) is 0 Å². The average molecular weight is 175 g/mol. The summed E-state index contributed by atoms with van der Waals surface area (Å²) in [4.78, 5) is 20.3. The molecule has 1 aliphatic heterocycles. The Hall–Kier alpha value is -1.24. The maximum absolute atomic E-state index is 10.4. The molecule has 0 radical (unpaired) electrons. The first-order valence-corrected chi connectivity index (χ1v) is 3.48. The molecule has 1 saturated heterocycles. The maximum Gasteiger partial charge on any atom is 0.537 e. The van der Waals surface area contributed by atoms with Gasteiger partial charge in [-0.3, -0.25) is 20.2 Å². The molecule has 0 N–H and O–H groups in total. The highest BCUT2D eigenvalue weighted by molar-refractivity contribution is 4.91. The minimum atomic E-state index is -2.03. The molecule has 0 amide bonds. The van der Waals surface area contributed by atoms with Crippen molar-refractivity contribution in [3.8, 4) is 0 Å². The SMILES string of the molecule is CC(C)N1CC1([N+](=O)[O-])[N+](=O)[O-]. The Bertz CT molecular complexity index is 225. The molecule has 1 rings (SSSR count). The molecule has 1 unspecified atom stereocenters. The van der Waals surface area contributed by atoms with Gasteiger partial charge in [0.05, 0.1) is 0 Å². The molecule has 12 heavy (non-hydrogen) atoms. The lowest BCUT2D eigenvalue weighted by atomic mass is 10.4. The predicted octanol–water partition coefficient (Wildman–Crippen LogP) is -0.0824. The van der Waals surface area contributed by atoms with Gasteiger partial charge in [0.25, 0.3) is 0 Å². The van der Waals surface area contributed by atoms with Crippen molar-refractivity contribution in [1.82, 2.24) is 4.90 Å². The smallest absolute Gasteiger partial charge is 0.257 e. The highest BCUT2D eigenvalue weighted by Crippen LogP contribution is 2.35. The summed E-state index contributed by atoms with van der Waals surface area (Å²) in [6.45, 7) is 3.29. The average Bonchev–Trinajstić information content (AvgIpc) is 2.60. The lowest BCUT2D eigenvalue weighted by Crippen LogP contribution is -2.39. The van der Waals surface area contributed by atoms with E-state index in [1.54, 1.807) is 13.8 Å². The van der Waals surface area contributed by atoms with Crippen molar-refractivity contribution in [3.63, 3.8) is 0 Å². The van der Waals surface area contributed by atoms with Crippen molar-refractivity contribution < 1.29 is 9.85 Å². The first-order valence-electron chi connectivity index (χ1n) is 3.48. The second-order valence-electron chi connectivity index (χ2n) is 3.01. The van der Waals surface area contributed by atoms with E-state index in [0.717, 1.165) is 0 Å². The normalized spacial score (nSPS) is 25.4. The van der Waals surface area contributed by atoms with Gasteiger partial charge in [0, 0.05) is 6.04 Å². The molecule has 0 aromatic heterocycles. The molecule has 0 aromatic carbocycles. The zero-order chi connectivity index (χ0) is 9.52. The quantitative estimate of drug-likeness (QED) is 0.259. The zero-order valence-electron chi connectivity index (χ0n) is 6.76. The number of nitro groups is 2. The van der Waals surface area contributed by atoms with Crippen molar-refractivity contribution in [2.24, 2.45) is 0 Å². The molecule has 0 bridgehead atoms. The summed E-state index contributed by atoms with van der Waals surface area (Å²) in [6, 6.07) is -0.166. The third-order valence-corrected chi connectivity index (χ3v) is 1.95. The monoisotopic (exact) mass is 175 g/mol. The Morgan fingerprint density at radius 1 is 1.33 bits per heavy atom. The van der Waals surface area contributed by atoms with Gasteiger partial charge >= 0.3 is 5.79 Å². The summed E-state index contributed by atoms with van der Waals surface area (Å²) in [5.74, 6) is -2.03. The van der Waals surface area contributed by atoms with Crippen LogP contribution in [0.5, 0.6) is 0 Å². The second kappa shape index (κ2) is 2.37. The minimum absolute atomic E-state index is 0.0926. The molecule has 1 fully saturated rings. The Labute approximate surface area is 68.3 Å². The van der Waals surface area contributed by atoms with E-state index in [0.29, 0.717) is 0 Å². The van der Waals surface area contributed by atoms with Crippen molar-refractivity contribution in [2.75, 3.05) is 6.54 Å².